The molecular weight excluding hydrogens is 347 g/mol. The van der Waals surface area contributed by atoms with Gasteiger partial charge in [0, 0.05) is 30.7 Å². The highest BCUT2D eigenvalue weighted by Gasteiger charge is 2.28. The summed E-state index contributed by atoms with van der Waals surface area (Å²) in [6, 6.07) is 11.4. The molecule has 0 aromatic heterocycles. The fraction of sp³-hybridized carbons (Fsp3) is 0.238. The molecule has 0 bridgehead atoms. The number of benzene rings is 2. The number of aliphatic hydroxyl groups excluding tert-OH is 1. The number of aliphatic hydroxyl groups is 1. The van der Waals surface area contributed by atoms with Crippen molar-refractivity contribution in [1.29, 1.82) is 0 Å². The third kappa shape index (κ3) is 4.23. The minimum absolute atomic E-state index is 0.0581. The molecule has 140 valence electrons. The molecule has 0 unspecified atom stereocenters. The van der Waals surface area contributed by atoms with Crippen molar-refractivity contribution >= 4 is 11.8 Å². The van der Waals surface area contributed by atoms with Crippen molar-refractivity contribution in [1.82, 2.24) is 10.6 Å². The molecule has 2 amide bonds. The normalized spacial score (nSPS) is 16.5. The fourth-order valence-electron chi connectivity index (χ4n) is 3.21. The number of nitrogens with one attached hydrogen (secondary N) is 2. The van der Waals surface area contributed by atoms with Crippen LogP contribution in [0.4, 0.5) is 4.39 Å². The predicted molar refractivity (Wildman–Crippen MR) is 98.9 cm³/mol. The van der Waals surface area contributed by atoms with Crippen LogP contribution in [0.2, 0.25) is 0 Å². The molecule has 0 aliphatic carbocycles. The first-order valence-electron chi connectivity index (χ1n) is 8.71. The number of carbonyl (C=O) groups is 2. The van der Waals surface area contributed by atoms with Gasteiger partial charge in [-0.1, -0.05) is 30.3 Å². The second-order valence-corrected chi connectivity index (χ2v) is 6.52. The van der Waals surface area contributed by atoms with Crippen LogP contribution < -0.4 is 10.6 Å². The number of amides is 2. The van der Waals surface area contributed by atoms with E-state index in [1.165, 1.54) is 18.3 Å². The molecule has 0 spiro atoms. The third-order valence-electron chi connectivity index (χ3n) is 4.86. The van der Waals surface area contributed by atoms with Crippen molar-refractivity contribution < 1.29 is 19.1 Å². The highest BCUT2D eigenvalue weighted by molar-refractivity contribution is 5.98. The zero-order valence-electron chi connectivity index (χ0n) is 15.0. The first kappa shape index (κ1) is 18.8. The van der Waals surface area contributed by atoms with Gasteiger partial charge >= 0.3 is 0 Å². The first-order valence-corrected chi connectivity index (χ1v) is 8.71. The topological polar surface area (TPSA) is 78.4 Å². The van der Waals surface area contributed by atoms with Gasteiger partial charge in [-0.3, -0.25) is 9.59 Å². The Hall–Kier alpha value is -2.99. The highest BCUT2D eigenvalue weighted by atomic mass is 19.1. The van der Waals surface area contributed by atoms with Crippen molar-refractivity contribution in [3.8, 4) is 0 Å². The van der Waals surface area contributed by atoms with Crippen LogP contribution in [0.15, 0.2) is 54.2 Å². The molecule has 27 heavy (non-hydrogen) atoms. The van der Waals surface area contributed by atoms with E-state index in [-0.39, 0.29) is 30.7 Å². The number of halogens is 1. The van der Waals surface area contributed by atoms with Crippen LogP contribution in [0.25, 0.3) is 0 Å². The van der Waals surface area contributed by atoms with Crippen molar-refractivity contribution in [3.05, 3.63) is 82.3 Å². The maximum Gasteiger partial charge on any atom is 0.249 e. The van der Waals surface area contributed by atoms with Crippen LogP contribution in [-0.4, -0.2) is 16.9 Å². The summed E-state index contributed by atoms with van der Waals surface area (Å²) in [6.07, 6.45) is 1.55. The molecule has 1 heterocycles. The number of carbonyl (C=O) groups excluding carboxylic acids is 2. The van der Waals surface area contributed by atoms with Crippen LogP contribution in [0, 0.1) is 12.7 Å². The van der Waals surface area contributed by atoms with Crippen LogP contribution in [-0.2, 0) is 22.7 Å². The first-order chi connectivity index (χ1) is 13.0. The molecule has 6 heteroatoms. The molecule has 0 saturated carbocycles. The zero-order chi connectivity index (χ0) is 19.4. The molecule has 0 saturated heterocycles. The molecule has 3 rings (SSSR count). The van der Waals surface area contributed by atoms with Gasteiger partial charge in [0.25, 0.3) is 0 Å². The van der Waals surface area contributed by atoms with Crippen LogP contribution in [0.1, 0.15) is 34.6 Å². The van der Waals surface area contributed by atoms with E-state index in [1.807, 2.05) is 25.1 Å². The molecular formula is C21H21FN2O3. The van der Waals surface area contributed by atoms with E-state index in [1.54, 1.807) is 12.1 Å². The molecule has 3 N–H and O–H groups in total. The quantitative estimate of drug-likeness (QED) is 0.758. The van der Waals surface area contributed by atoms with Crippen LogP contribution >= 0.6 is 0 Å². The SMILES string of the molecule is Cc1c(CO)cccc1CNC(=O)C1=CNC(=O)C[C@H]1c1ccc(F)cc1. The average molecular weight is 368 g/mol. The molecule has 1 atom stereocenters. The van der Waals surface area contributed by atoms with E-state index in [0.29, 0.717) is 17.7 Å². The standard InChI is InChI=1S/C21H21FN2O3/c1-13-15(3-2-4-16(13)12-25)10-24-21(27)19-11-23-20(26)9-18(19)14-5-7-17(22)8-6-14/h2-8,11,18,25H,9-10,12H2,1H3,(H,23,26)(H,24,27)/t18-/m0/s1. The van der Waals surface area contributed by atoms with Crippen LogP contribution in [0.5, 0.6) is 0 Å². The zero-order valence-corrected chi connectivity index (χ0v) is 15.0. The molecule has 2 aromatic rings. The maximum atomic E-state index is 13.2. The lowest BCUT2D eigenvalue weighted by Gasteiger charge is -2.24. The summed E-state index contributed by atoms with van der Waals surface area (Å²) in [7, 11) is 0. The summed E-state index contributed by atoms with van der Waals surface area (Å²) in [6.45, 7) is 2.14. The molecule has 1 aliphatic rings. The highest BCUT2D eigenvalue weighted by Crippen LogP contribution is 2.30. The van der Waals surface area contributed by atoms with E-state index in [4.69, 9.17) is 0 Å². The average Bonchev–Trinajstić information content (AvgIpc) is 2.67. The Bertz CT molecular complexity index is 891. The predicted octanol–water partition coefficient (Wildman–Crippen LogP) is 2.43. The number of hydrogen-bond acceptors (Lipinski definition) is 3. The summed E-state index contributed by atoms with van der Waals surface area (Å²) in [4.78, 5) is 24.5. The number of rotatable bonds is 5. The Morgan fingerprint density at radius 1 is 1.22 bits per heavy atom. The largest absolute Gasteiger partial charge is 0.392 e. The molecule has 0 fully saturated rings. The van der Waals surface area contributed by atoms with E-state index in [0.717, 1.165) is 16.7 Å². The van der Waals surface area contributed by atoms with Gasteiger partial charge in [-0.25, -0.2) is 4.39 Å². The Balaban J connectivity index is 1.77. The van der Waals surface area contributed by atoms with Crippen molar-refractivity contribution in [2.45, 2.75) is 32.4 Å². The van der Waals surface area contributed by atoms with Gasteiger partial charge in [-0.15, -0.1) is 0 Å². The van der Waals surface area contributed by atoms with Crippen molar-refractivity contribution in [3.63, 3.8) is 0 Å². The van der Waals surface area contributed by atoms with Crippen molar-refractivity contribution in [2.75, 3.05) is 0 Å². The third-order valence-corrected chi connectivity index (χ3v) is 4.86. The lowest BCUT2D eigenvalue weighted by atomic mass is 9.86. The lowest BCUT2D eigenvalue weighted by Crippen LogP contribution is -2.34. The van der Waals surface area contributed by atoms with E-state index in [9.17, 15) is 19.1 Å². The molecule has 0 radical (unpaired) electrons. The smallest absolute Gasteiger partial charge is 0.249 e. The summed E-state index contributed by atoms with van der Waals surface area (Å²) in [5.41, 5.74) is 3.80. The minimum Gasteiger partial charge on any atom is -0.392 e. The Kier molecular flexibility index (Phi) is 5.66. The molecule has 2 aromatic carbocycles. The van der Waals surface area contributed by atoms with Gasteiger partial charge in [0.1, 0.15) is 5.82 Å². The molecule has 5 nitrogen and oxygen atoms in total. The van der Waals surface area contributed by atoms with Crippen LogP contribution in [0.3, 0.4) is 0 Å². The van der Waals surface area contributed by atoms with Crippen molar-refractivity contribution in [2.24, 2.45) is 0 Å². The van der Waals surface area contributed by atoms with Gasteiger partial charge < -0.3 is 15.7 Å². The Labute approximate surface area is 156 Å². The van der Waals surface area contributed by atoms with Gasteiger partial charge in [0.2, 0.25) is 11.8 Å². The van der Waals surface area contributed by atoms with Gasteiger partial charge in [-0.2, -0.15) is 0 Å². The minimum atomic E-state index is -0.427. The summed E-state index contributed by atoms with van der Waals surface area (Å²) < 4.78 is 13.2. The van der Waals surface area contributed by atoms with Gasteiger partial charge in [0.05, 0.1) is 6.61 Å². The van der Waals surface area contributed by atoms with Gasteiger partial charge in [-0.05, 0) is 41.3 Å². The Morgan fingerprint density at radius 2 is 1.93 bits per heavy atom. The van der Waals surface area contributed by atoms with Gasteiger partial charge in [0.15, 0.2) is 0 Å². The Morgan fingerprint density at radius 3 is 2.63 bits per heavy atom. The van der Waals surface area contributed by atoms with E-state index in [2.05, 4.69) is 10.6 Å². The summed E-state index contributed by atoms with van der Waals surface area (Å²) in [5, 5.41) is 14.8. The second-order valence-electron chi connectivity index (χ2n) is 6.52. The monoisotopic (exact) mass is 368 g/mol. The summed E-state index contributed by atoms with van der Waals surface area (Å²) in [5.74, 6) is -1.28. The van der Waals surface area contributed by atoms with E-state index >= 15 is 0 Å². The molecule has 1 aliphatic heterocycles. The maximum absolute atomic E-state index is 13.2. The van der Waals surface area contributed by atoms with E-state index < -0.39 is 5.92 Å². The number of hydrogen-bond donors (Lipinski definition) is 3. The fourth-order valence-corrected chi connectivity index (χ4v) is 3.21. The summed E-state index contributed by atoms with van der Waals surface area (Å²) >= 11 is 0. The lowest BCUT2D eigenvalue weighted by molar-refractivity contribution is -0.121. The second kappa shape index (κ2) is 8.14.